The van der Waals surface area contributed by atoms with Crippen molar-refractivity contribution in [3.63, 3.8) is 0 Å². The lowest BCUT2D eigenvalue weighted by Gasteiger charge is -2.17. The summed E-state index contributed by atoms with van der Waals surface area (Å²) in [6.45, 7) is 3.85. The van der Waals surface area contributed by atoms with E-state index in [0.717, 1.165) is 17.8 Å². The molecule has 1 aliphatic carbocycles. The Bertz CT molecular complexity index is 720. The third kappa shape index (κ3) is 1.68. The molecule has 0 aliphatic heterocycles. The van der Waals surface area contributed by atoms with Gasteiger partial charge in [0.25, 0.3) is 0 Å². The van der Waals surface area contributed by atoms with Crippen molar-refractivity contribution in [3.8, 4) is 11.4 Å². The zero-order valence-corrected chi connectivity index (χ0v) is 10.7. The molecule has 0 atom stereocenters. The van der Waals surface area contributed by atoms with E-state index in [2.05, 4.69) is 9.97 Å². The van der Waals surface area contributed by atoms with Crippen LogP contribution in [-0.2, 0) is 6.42 Å². The molecule has 2 heterocycles. The number of carbonyl (C=O) groups is 2. The summed E-state index contributed by atoms with van der Waals surface area (Å²) in [6, 6.07) is 6.85. The molecule has 0 fully saturated rings. The predicted molar refractivity (Wildman–Crippen MR) is 70.2 cm³/mol. The molecule has 94 valence electrons. The standard InChI is InChI=1S/C15H12N2O2/c1-3-9-5-7-11-13(17-9)12-10(14(18)15(11)19)6-4-8(2)16-12/h4-7H,3H2,1-2H3. The van der Waals surface area contributed by atoms with Crippen molar-refractivity contribution in [2.45, 2.75) is 20.3 Å². The summed E-state index contributed by atoms with van der Waals surface area (Å²) in [4.78, 5) is 32.9. The van der Waals surface area contributed by atoms with E-state index in [-0.39, 0.29) is 0 Å². The molecule has 19 heavy (non-hydrogen) atoms. The highest BCUT2D eigenvalue weighted by atomic mass is 16.2. The molecule has 1 aliphatic rings. The molecule has 4 heteroatoms. The van der Waals surface area contributed by atoms with Crippen molar-refractivity contribution in [3.05, 3.63) is 46.8 Å². The molecule has 0 unspecified atom stereocenters. The third-order valence-corrected chi connectivity index (χ3v) is 3.27. The summed E-state index contributed by atoms with van der Waals surface area (Å²) in [5.41, 5.74) is 3.44. The lowest BCUT2D eigenvalue weighted by Crippen LogP contribution is -2.23. The fraction of sp³-hybridized carbons (Fsp3) is 0.200. The summed E-state index contributed by atoms with van der Waals surface area (Å²) < 4.78 is 0. The molecule has 2 aromatic rings. The Morgan fingerprint density at radius 1 is 0.895 bits per heavy atom. The van der Waals surface area contributed by atoms with E-state index in [4.69, 9.17) is 0 Å². The van der Waals surface area contributed by atoms with Gasteiger partial charge in [0.2, 0.25) is 11.6 Å². The first-order valence-electron chi connectivity index (χ1n) is 6.18. The smallest absolute Gasteiger partial charge is 0.235 e. The van der Waals surface area contributed by atoms with Crippen LogP contribution in [0.5, 0.6) is 0 Å². The Balaban J connectivity index is 2.35. The van der Waals surface area contributed by atoms with Gasteiger partial charge in [-0.3, -0.25) is 19.6 Å². The van der Waals surface area contributed by atoms with Crippen molar-refractivity contribution in [1.82, 2.24) is 9.97 Å². The first-order valence-corrected chi connectivity index (χ1v) is 6.18. The number of nitrogens with zero attached hydrogens (tertiary/aromatic N) is 2. The van der Waals surface area contributed by atoms with E-state index in [1.807, 2.05) is 13.8 Å². The monoisotopic (exact) mass is 252 g/mol. The van der Waals surface area contributed by atoms with E-state index in [1.165, 1.54) is 0 Å². The number of pyridine rings is 2. The summed E-state index contributed by atoms with van der Waals surface area (Å²) in [5.74, 6) is -0.996. The number of fused-ring (bicyclic) bond motifs is 3. The molecule has 0 spiro atoms. The zero-order chi connectivity index (χ0) is 13.6. The Labute approximate surface area is 110 Å². The second kappa shape index (κ2) is 4.09. The minimum atomic E-state index is -0.499. The highest BCUT2D eigenvalue weighted by Gasteiger charge is 2.32. The van der Waals surface area contributed by atoms with Gasteiger partial charge in [-0.15, -0.1) is 0 Å². The van der Waals surface area contributed by atoms with Crippen molar-refractivity contribution in [2.75, 3.05) is 0 Å². The van der Waals surface area contributed by atoms with Gasteiger partial charge in [-0.25, -0.2) is 0 Å². The predicted octanol–water partition coefficient (Wildman–Crippen LogP) is 2.39. The molecule has 0 radical (unpaired) electrons. The first-order chi connectivity index (χ1) is 9.11. The fourth-order valence-electron chi connectivity index (χ4n) is 2.23. The highest BCUT2D eigenvalue weighted by Crippen LogP contribution is 2.30. The molecule has 0 saturated carbocycles. The van der Waals surface area contributed by atoms with Gasteiger partial charge in [-0.1, -0.05) is 6.92 Å². The minimum absolute atomic E-state index is 0.351. The summed E-state index contributed by atoms with van der Waals surface area (Å²) in [6.07, 6.45) is 0.774. The zero-order valence-electron chi connectivity index (χ0n) is 10.7. The molecule has 4 nitrogen and oxygen atoms in total. The van der Waals surface area contributed by atoms with E-state index >= 15 is 0 Å². The lowest BCUT2D eigenvalue weighted by molar-refractivity contribution is 0.0814. The van der Waals surface area contributed by atoms with Gasteiger partial charge in [0.1, 0.15) is 11.4 Å². The molecule has 3 rings (SSSR count). The van der Waals surface area contributed by atoms with E-state index in [0.29, 0.717) is 22.5 Å². The number of rotatable bonds is 1. The van der Waals surface area contributed by atoms with Crippen molar-refractivity contribution < 1.29 is 9.59 Å². The largest absolute Gasteiger partial charge is 0.285 e. The van der Waals surface area contributed by atoms with Crippen LogP contribution < -0.4 is 0 Å². The Kier molecular flexibility index (Phi) is 2.52. The average Bonchev–Trinajstić information content (AvgIpc) is 2.44. The fourth-order valence-corrected chi connectivity index (χ4v) is 2.23. The van der Waals surface area contributed by atoms with Crippen LogP contribution in [0.15, 0.2) is 24.3 Å². The minimum Gasteiger partial charge on any atom is -0.285 e. The Morgan fingerprint density at radius 3 is 2.11 bits per heavy atom. The van der Waals surface area contributed by atoms with Crippen molar-refractivity contribution in [2.24, 2.45) is 0 Å². The molecule has 0 amide bonds. The van der Waals surface area contributed by atoms with Gasteiger partial charge in [-0.05, 0) is 37.6 Å². The molecular weight excluding hydrogens is 240 g/mol. The molecule has 0 saturated heterocycles. The number of aryl methyl sites for hydroxylation is 2. The van der Waals surface area contributed by atoms with E-state index in [9.17, 15) is 9.59 Å². The van der Waals surface area contributed by atoms with E-state index < -0.39 is 11.6 Å². The van der Waals surface area contributed by atoms with Crippen LogP contribution in [0.1, 0.15) is 39.0 Å². The van der Waals surface area contributed by atoms with Gasteiger partial charge in [0.15, 0.2) is 0 Å². The van der Waals surface area contributed by atoms with Crippen molar-refractivity contribution in [1.29, 1.82) is 0 Å². The molecule has 0 bridgehead atoms. The van der Waals surface area contributed by atoms with Crippen LogP contribution in [-0.4, -0.2) is 21.5 Å². The van der Waals surface area contributed by atoms with E-state index in [1.54, 1.807) is 24.3 Å². The normalized spacial score (nSPS) is 13.2. The van der Waals surface area contributed by atoms with Gasteiger partial charge in [-0.2, -0.15) is 0 Å². The topological polar surface area (TPSA) is 59.9 Å². The van der Waals surface area contributed by atoms with Crippen molar-refractivity contribution >= 4 is 11.6 Å². The Morgan fingerprint density at radius 2 is 1.47 bits per heavy atom. The third-order valence-electron chi connectivity index (χ3n) is 3.27. The quantitative estimate of drug-likeness (QED) is 0.731. The number of ketones is 2. The Hall–Kier alpha value is -2.36. The van der Waals surface area contributed by atoms with Crippen LogP contribution in [0.2, 0.25) is 0 Å². The van der Waals surface area contributed by atoms with Crippen LogP contribution in [0, 0.1) is 6.92 Å². The van der Waals surface area contributed by atoms with Gasteiger partial charge >= 0.3 is 0 Å². The highest BCUT2D eigenvalue weighted by molar-refractivity contribution is 6.52. The molecule has 0 N–H and O–H groups in total. The van der Waals surface area contributed by atoms with Crippen LogP contribution in [0.25, 0.3) is 11.4 Å². The maximum absolute atomic E-state index is 12.0. The first kappa shape index (κ1) is 11.7. The van der Waals surface area contributed by atoms with Gasteiger partial charge in [0, 0.05) is 11.4 Å². The number of carbonyl (C=O) groups excluding carboxylic acids is 2. The van der Waals surface area contributed by atoms with Crippen LogP contribution in [0.4, 0.5) is 0 Å². The maximum atomic E-state index is 12.0. The molecule has 0 aromatic carbocycles. The van der Waals surface area contributed by atoms with Crippen LogP contribution in [0.3, 0.4) is 0 Å². The number of hydrogen-bond donors (Lipinski definition) is 0. The number of aromatic nitrogens is 2. The summed E-state index contributed by atoms with van der Waals surface area (Å²) >= 11 is 0. The summed E-state index contributed by atoms with van der Waals surface area (Å²) in [5, 5.41) is 0. The average molecular weight is 252 g/mol. The lowest BCUT2D eigenvalue weighted by atomic mass is 9.90. The molecule has 2 aromatic heterocycles. The second-order valence-electron chi connectivity index (χ2n) is 4.56. The maximum Gasteiger partial charge on any atom is 0.235 e. The second-order valence-corrected chi connectivity index (χ2v) is 4.56. The molecular formula is C15H12N2O2. The number of Topliss-reactive ketones (excluding diaryl/α,β-unsaturated/α-hetero) is 2. The van der Waals surface area contributed by atoms with Crippen LogP contribution >= 0.6 is 0 Å². The number of hydrogen-bond acceptors (Lipinski definition) is 4. The summed E-state index contributed by atoms with van der Waals surface area (Å²) in [7, 11) is 0. The van der Waals surface area contributed by atoms with Gasteiger partial charge < -0.3 is 0 Å². The SMILES string of the molecule is CCc1ccc2c(n1)-c1nc(C)ccc1C(=O)C2=O. The van der Waals surface area contributed by atoms with Gasteiger partial charge in [0.05, 0.1) is 11.1 Å².